The number of amides is 3. The van der Waals surface area contributed by atoms with Gasteiger partial charge in [-0.05, 0) is 49.5 Å². The molecule has 0 bridgehead atoms. The lowest BCUT2D eigenvalue weighted by atomic mass is 9.76. The molecule has 2 aromatic rings. The Morgan fingerprint density at radius 1 is 1.00 bits per heavy atom. The van der Waals surface area contributed by atoms with Crippen molar-refractivity contribution in [2.45, 2.75) is 31.8 Å². The van der Waals surface area contributed by atoms with Gasteiger partial charge in [0.2, 0.25) is 17.7 Å². The number of rotatable bonds is 4. The molecule has 3 aliphatic heterocycles. The van der Waals surface area contributed by atoms with Gasteiger partial charge in [-0.2, -0.15) is 11.8 Å². The van der Waals surface area contributed by atoms with Crippen molar-refractivity contribution in [3.05, 3.63) is 59.2 Å². The number of fused-ring (bicyclic) bond motifs is 4. The number of nitrogens with zero attached hydrogens (tertiary/aromatic N) is 1. The molecule has 0 radical (unpaired) electrons. The lowest BCUT2D eigenvalue weighted by Gasteiger charge is -2.30. The fraction of sp³-hybridized carbons (Fsp3) is 0.375. The molecular formula is C24H25N3O3S. The van der Waals surface area contributed by atoms with Crippen LogP contribution in [0.2, 0.25) is 0 Å². The van der Waals surface area contributed by atoms with Crippen LogP contribution in [-0.2, 0) is 19.9 Å². The molecule has 31 heavy (non-hydrogen) atoms. The Morgan fingerprint density at radius 2 is 1.71 bits per heavy atom. The highest BCUT2D eigenvalue weighted by Gasteiger charge is 2.70. The van der Waals surface area contributed by atoms with Crippen LogP contribution in [0.5, 0.6) is 0 Å². The Balaban J connectivity index is 1.68. The predicted molar refractivity (Wildman–Crippen MR) is 122 cm³/mol. The van der Waals surface area contributed by atoms with E-state index in [2.05, 4.69) is 10.6 Å². The first-order chi connectivity index (χ1) is 14.9. The molecule has 0 aliphatic carbocycles. The fourth-order valence-corrected chi connectivity index (χ4v) is 6.12. The molecule has 160 valence electrons. The summed E-state index contributed by atoms with van der Waals surface area (Å²) in [6, 6.07) is 13.0. The van der Waals surface area contributed by atoms with Gasteiger partial charge in [0.15, 0.2) is 0 Å². The number of carbonyl (C=O) groups is 3. The zero-order valence-corrected chi connectivity index (χ0v) is 18.6. The van der Waals surface area contributed by atoms with Crippen LogP contribution in [-0.4, -0.2) is 35.8 Å². The quantitative estimate of drug-likeness (QED) is 0.722. The van der Waals surface area contributed by atoms with Crippen molar-refractivity contribution in [1.82, 2.24) is 5.32 Å². The van der Waals surface area contributed by atoms with Crippen molar-refractivity contribution in [2.24, 2.45) is 11.8 Å². The molecule has 5 rings (SSSR count). The normalized spacial score (nSPS) is 28.9. The summed E-state index contributed by atoms with van der Waals surface area (Å²) in [7, 11) is 0. The molecular weight excluding hydrogens is 410 g/mol. The molecule has 4 atom stereocenters. The summed E-state index contributed by atoms with van der Waals surface area (Å²) in [4.78, 5) is 42.4. The summed E-state index contributed by atoms with van der Waals surface area (Å²) in [6.45, 7) is 3.82. The van der Waals surface area contributed by atoms with Crippen molar-refractivity contribution < 1.29 is 14.4 Å². The molecule has 0 saturated carbocycles. The predicted octanol–water partition coefficient (Wildman–Crippen LogP) is 2.98. The van der Waals surface area contributed by atoms with E-state index >= 15 is 0 Å². The van der Waals surface area contributed by atoms with E-state index in [-0.39, 0.29) is 23.8 Å². The van der Waals surface area contributed by atoms with E-state index in [1.54, 1.807) is 11.8 Å². The molecule has 2 saturated heterocycles. The van der Waals surface area contributed by atoms with Gasteiger partial charge in [-0.25, -0.2) is 4.90 Å². The zero-order chi connectivity index (χ0) is 21.9. The van der Waals surface area contributed by atoms with Gasteiger partial charge in [-0.15, -0.1) is 0 Å². The minimum atomic E-state index is -1.22. The maximum absolute atomic E-state index is 13.9. The van der Waals surface area contributed by atoms with Crippen molar-refractivity contribution in [2.75, 3.05) is 22.2 Å². The van der Waals surface area contributed by atoms with Gasteiger partial charge in [0, 0.05) is 17.3 Å². The van der Waals surface area contributed by atoms with Crippen LogP contribution in [0, 0.1) is 25.7 Å². The van der Waals surface area contributed by atoms with Gasteiger partial charge >= 0.3 is 0 Å². The van der Waals surface area contributed by atoms with Gasteiger partial charge in [-0.3, -0.25) is 19.7 Å². The van der Waals surface area contributed by atoms with Crippen molar-refractivity contribution in [3.63, 3.8) is 0 Å². The molecule has 0 aromatic heterocycles. The van der Waals surface area contributed by atoms with Crippen LogP contribution in [0.15, 0.2) is 42.5 Å². The van der Waals surface area contributed by atoms with Gasteiger partial charge in [0.1, 0.15) is 5.54 Å². The smallest absolute Gasteiger partial charge is 0.250 e. The molecule has 2 fully saturated rings. The van der Waals surface area contributed by atoms with E-state index in [9.17, 15) is 14.4 Å². The average Bonchev–Trinajstić information content (AvgIpc) is 3.32. The van der Waals surface area contributed by atoms with E-state index in [4.69, 9.17) is 0 Å². The van der Waals surface area contributed by atoms with E-state index in [1.807, 2.05) is 62.6 Å². The first-order valence-electron chi connectivity index (χ1n) is 10.5. The van der Waals surface area contributed by atoms with Gasteiger partial charge in [-0.1, -0.05) is 36.4 Å². The molecule has 2 N–H and O–H groups in total. The lowest BCUT2D eigenvalue weighted by Crippen LogP contribution is -2.53. The largest absolute Gasteiger partial charge is 0.324 e. The number of hydrogen-bond acceptors (Lipinski definition) is 5. The number of thioether (sulfide) groups is 1. The Bertz CT molecular complexity index is 1100. The Hall–Kier alpha value is -2.64. The number of anilines is 2. The molecule has 0 unspecified atom stereocenters. The average molecular weight is 436 g/mol. The standard InChI is InChI=1S/C24H25N3O3S/c1-13-7-6-8-14(2)20(13)27-21(28)18-17(11-12-31-3)26-24(19(18)22(27)29)15-9-4-5-10-16(15)25-23(24)30/h4-10,17-19,26H,11-12H2,1-3H3,(H,25,30)/t17-,18+,19-,24-/m0/s1. The highest BCUT2D eigenvalue weighted by Crippen LogP contribution is 2.54. The summed E-state index contributed by atoms with van der Waals surface area (Å²) in [5.74, 6) is -1.26. The van der Waals surface area contributed by atoms with Crippen LogP contribution in [0.4, 0.5) is 11.4 Å². The lowest BCUT2D eigenvalue weighted by molar-refractivity contribution is -0.130. The summed E-state index contributed by atoms with van der Waals surface area (Å²) in [5, 5.41) is 6.42. The molecule has 3 aliphatic rings. The number of aryl methyl sites for hydroxylation is 2. The number of carbonyl (C=O) groups excluding carboxylic acids is 3. The van der Waals surface area contributed by atoms with E-state index in [1.165, 1.54) is 4.90 Å². The van der Waals surface area contributed by atoms with E-state index < -0.39 is 17.4 Å². The number of nitrogens with one attached hydrogen (secondary N) is 2. The SMILES string of the molecule is CSCC[C@@H]1N[C@]2(C(=O)Nc3ccccc32)[C@@H]2C(=O)N(c3c(C)cccc3C)C(=O)[C@H]12. The van der Waals surface area contributed by atoms with Gasteiger partial charge in [0.05, 0.1) is 17.5 Å². The summed E-state index contributed by atoms with van der Waals surface area (Å²) < 4.78 is 0. The third kappa shape index (κ3) is 2.66. The van der Waals surface area contributed by atoms with Crippen LogP contribution >= 0.6 is 11.8 Å². The van der Waals surface area contributed by atoms with Gasteiger partial charge in [0.25, 0.3) is 0 Å². The van der Waals surface area contributed by atoms with Gasteiger partial charge < -0.3 is 5.32 Å². The summed E-state index contributed by atoms with van der Waals surface area (Å²) in [5.41, 5.74) is 2.64. The number of hydrogen-bond donors (Lipinski definition) is 2. The van der Waals surface area contributed by atoms with Crippen LogP contribution in [0.3, 0.4) is 0 Å². The Kier molecular flexibility index (Phi) is 4.71. The number of benzene rings is 2. The molecule has 7 heteroatoms. The minimum Gasteiger partial charge on any atom is -0.324 e. The molecule has 3 heterocycles. The fourth-order valence-electron chi connectivity index (χ4n) is 5.63. The Labute approximate surface area is 185 Å². The number of imide groups is 1. The van der Waals surface area contributed by atoms with Crippen molar-refractivity contribution in [1.29, 1.82) is 0 Å². The first-order valence-corrected chi connectivity index (χ1v) is 11.9. The maximum Gasteiger partial charge on any atom is 0.250 e. The number of para-hydroxylation sites is 2. The third-order valence-electron chi connectivity index (χ3n) is 6.92. The monoisotopic (exact) mass is 435 g/mol. The van der Waals surface area contributed by atoms with Crippen LogP contribution in [0.25, 0.3) is 0 Å². The van der Waals surface area contributed by atoms with Crippen LogP contribution < -0.4 is 15.5 Å². The zero-order valence-electron chi connectivity index (χ0n) is 17.8. The summed E-state index contributed by atoms with van der Waals surface area (Å²) in [6.07, 6.45) is 2.73. The third-order valence-corrected chi connectivity index (χ3v) is 7.56. The second-order valence-electron chi connectivity index (χ2n) is 8.60. The maximum atomic E-state index is 13.9. The highest BCUT2D eigenvalue weighted by atomic mass is 32.2. The molecule has 6 nitrogen and oxygen atoms in total. The van der Waals surface area contributed by atoms with E-state index in [0.717, 1.165) is 22.4 Å². The first kappa shape index (κ1) is 20.3. The molecule has 1 spiro atoms. The van der Waals surface area contributed by atoms with Crippen molar-refractivity contribution >= 4 is 40.9 Å². The highest BCUT2D eigenvalue weighted by molar-refractivity contribution is 7.98. The second kappa shape index (κ2) is 7.21. The van der Waals surface area contributed by atoms with Crippen molar-refractivity contribution in [3.8, 4) is 0 Å². The van der Waals surface area contributed by atoms with Crippen LogP contribution in [0.1, 0.15) is 23.1 Å². The topological polar surface area (TPSA) is 78.5 Å². The minimum absolute atomic E-state index is 0.208. The molecule has 3 amide bonds. The second-order valence-corrected chi connectivity index (χ2v) is 9.58. The van der Waals surface area contributed by atoms with E-state index in [0.29, 0.717) is 17.8 Å². The molecule has 2 aromatic carbocycles. The summed E-state index contributed by atoms with van der Waals surface area (Å²) >= 11 is 1.69. The Morgan fingerprint density at radius 3 is 2.42 bits per heavy atom.